The summed E-state index contributed by atoms with van der Waals surface area (Å²) in [6.45, 7) is 2.82. The van der Waals surface area contributed by atoms with Crippen molar-refractivity contribution in [3.8, 4) is 11.5 Å². The number of anilines is 1. The minimum atomic E-state index is -0.303. The molecule has 0 aliphatic carbocycles. The highest BCUT2D eigenvalue weighted by atomic mass is 16.5. The molecule has 0 saturated carbocycles. The molecule has 1 aliphatic rings. The minimum absolute atomic E-state index is 0.171. The predicted octanol–water partition coefficient (Wildman–Crippen LogP) is 4.39. The van der Waals surface area contributed by atoms with Crippen molar-refractivity contribution < 1.29 is 14.3 Å². The Morgan fingerprint density at radius 2 is 1.91 bits per heavy atom. The monoisotopic (exact) mass is 429 g/mol. The zero-order valence-corrected chi connectivity index (χ0v) is 17.6. The highest BCUT2D eigenvalue weighted by Crippen LogP contribution is 2.35. The molecule has 0 radical (unpaired) electrons. The van der Waals surface area contributed by atoms with Crippen LogP contribution >= 0.6 is 0 Å². The van der Waals surface area contributed by atoms with Crippen molar-refractivity contribution in [2.24, 2.45) is 0 Å². The Balaban J connectivity index is 1.59. The number of rotatable bonds is 5. The Morgan fingerprint density at radius 3 is 2.69 bits per heavy atom. The molecule has 7 heteroatoms. The third kappa shape index (κ3) is 3.67. The van der Waals surface area contributed by atoms with Gasteiger partial charge in [-0.15, -0.1) is 0 Å². The predicted molar refractivity (Wildman–Crippen MR) is 123 cm³/mol. The lowest BCUT2D eigenvalue weighted by molar-refractivity contribution is 0.0966. The van der Waals surface area contributed by atoms with Crippen LogP contribution in [-0.4, -0.2) is 35.1 Å². The minimum Gasteiger partial charge on any atom is -0.455 e. The molecule has 2 aromatic heterocycles. The van der Waals surface area contributed by atoms with E-state index in [2.05, 4.69) is 9.97 Å². The van der Waals surface area contributed by atoms with Gasteiger partial charge in [-0.1, -0.05) is 30.3 Å². The Kier molecular flexibility index (Phi) is 5.25. The molecule has 1 saturated heterocycles. The Bertz CT molecular complexity index is 1320. The molecule has 1 fully saturated rings. The van der Waals surface area contributed by atoms with Crippen LogP contribution in [0.5, 0.6) is 11.5 Å². The number of ether oxygens (including phenoxy) is 2. The van der Waals surface area contributed by atoms with Crippen molar-refractivity contribution in [1.29, 1.82) is 0 Å². The number of amides is 1. The molecule has 0 bridgehead atoms. The van der Waals surface area contributed by atoms with Crippen molar-refractivity contribution >= 4 is 22.4 Å². The van der Waals surface area contributed by atoms with Crippen LogP contribution in [0.3, 0.4) is 0 Å². The third-order valence-electron chi connectivity index (χ3n) is 5.70. The van der Waals surface area contributed by atoms with Crippen LogP contribution in [0.4, 0.5) is 5.69 Å². The van der Waals surface area contributed by atoms with Crippen LogP contribution in [0.1, 0.15) is 22.6 Å². The van der Waals surface area contributed by atoms with Gasteiger partial charge in [0.1, 0.15) is 11.4 Å². The van der Waals surface area contributed by atoms with Crippen molar-refractivity contribution in [3.63, 3.8) is 0 Å². The van der Waals surface area contributed by atoms with Gasteiger partial charge in [-0.05, 0) is 43.7 Å². The lowest BCUT2D eigenvalue weighted by atomic mass is 10.1. The van der Waals surface area contributed by atoms with Gasteiger partial charge < -0.3 is 19.4 Å². The maximum Gasteiger partial charge on any atom is 0.275 e. The molecule has 162 valence electrons. The largest absolute Gasteiger partial charge is 0.455 e. The first-order valence-corrected chi connectivity index (χ1v) is 10.6. The number of nitrogens with one attached hydrogen (secondary N) is 2. The van der Waals surface area contributed by atoms with Crippen molar-refractivity contribution in [3.05, 3.63) is 88.6 Å². The first-order chi connectivity index (χ1) is 15.6. The highest BCUT2D eigenvalue weighted by molar-refractivity contribution is 6.07. The first-order valence-electron chi connectivity index (χ1n) is 10.6. The average molecular weight is 429 g/mol. The number of aromatic amines is 2. The molecule has 4 aromatic rings. The van der Waals surface area contributed by atoms with Crippen LogP contribution in [0.25, 0.3) is 10.8 Å². The molecule has 3 heterocycles. The maximum absolute atomic E-state index is 13.8. The fourth-order valence-corrected chi connectivity index (χ4v) is 4.14. The second-order valence-corrected chi connectivity index (χ2v) is 7.83. The molecule has 0 spiro atoms. The van der Waals surface area contributed by atoms with E-state index in [1.165, 1.54) is 0 Å². The summed E-state index contributed by atoms with van der Waals surface area (Å²) >= 11 is 0. The number of aromatic nitrogens is 2. The van der Waals surface area contributed by atoms with Gasteiger partial charge in [0.15, 0.2) is 5.75 Å². The van der Waals surface area contributed by atoms with Gasteiger partial charge in [0, 0.05) is 23.9 Å². The number of hydrogen-bond donors (Lipinski definition) is 2. The number of hydrogen-bond acceptors (Lipinski definition) is 4. The third-order valence-corrected chi connectivity index (χ3v) is 5.70. The number of nitrogens with zero attached hydrogens (tertiary/aromatic N) is 1. The summed E-state index contributed by atoms with van der Waals surface area (Å²) in [5.41, 5.74) is 1.33. The van der Waals surface area contributed by atoms with Crippen LogP contribution in [0.15, 0.2) is 71.7 Å². The molecule has 1 aliphatic heterocycles. The molecule has 2 N–H and O–H groups in total. The first kappa shape index (κ1) is 20.1. The van der Waals surface area contributed by atoms with E-state index in [4.69, 9.17) is 9.47 Å². The molecule has 1 atom stereocenters. The van der Waals surface area contributed by atoms with E-state index >= 15 is 0 Å². The van der Waals surface area contributed by atoms with E-state index in [9.17, 15) is 9.59 Å². The SMILES string of the molecule is Cc1[nH]cc2cc(C(=O)N(c3ccccc3Oc3ccccc3)C3CCOC3)[nH]c(=O)c12. The van der Waals surface area contributed by atoms with Gasteiger partial charge >= 0.3 is 0 Å². The number of carbonyl (C=O) groups is 1. The Labute approximate surface area is 184 Å². The number of benzene rings is 2. The van der Waals surface area contributed by atoms with Crippen LogP contribution in [0.2, 0.25) is 0 Å². The zero-order chi connectivity index (χ0) is 22.1. The number of H-pyrrole nitrogens is 2. The fraction of sp³-hybridized carbons (Fsp3) is 0.200. The normalized spacial score (nSPS) is 15.7. The standard InChI is InChI=1S/C25H23N3O4/c1-16-23-17(14-26-16)13-20(27-24(23)29)25(30)28(18-11-12-31-15-18)21-9-5-6-10-22(21)32-19-7-3-2-4-8-19/h2-10,13-14,18,26H,11-12,15H2,1H3,(H,27,29). The average Bonchev–Trinajstić information content (AvgIpc) is 3.46. The van der Waals surface area contributed by atoms with Gasteiger partial charge in [-0.25, -0.2) is 0 Å². The van der Waals surface area contributed by atoms with E-state index in [1.807, 2.05) is 61.5 Å². The summed E-state index contributed by atoms with van der Waals surface area (Å²) in [4.78, 5) is 34.0. The van der Waals surface area contributed by atoms with E-state index < -0.39 is 0 Å². The molecule has 5 rings (SSSR count). The number of pyridine rings is 1. The summed E-state index contributed by atoms with van der Waals surface area (Å²) < 4.78 is 11.7. The topological polar surface area (TPSA) is 87.4 Å². The number of carbonyl (C=O) groups excluding carboxylic acids is 1. The second kappa shape index (κ2) is 8.36. The number of fused-ring (bicyclic) bond motifs is 1. The number of para-hydroxylation sites is 3. The smallest absolute Gasteiger partial charge is 0.275 e. The fourth-order valence-electron chi connectivity index (χ4n) is 4.14. The zero-order valence-electron chi connectivity index (χ0n) is 17.6. The van der Waals surface area contributed by atoms with Crippen LogP contribution in [-0.2, 0) is 4.74 Å². The van der Waals surface area contributed by atoms with Crippen LogP contribution in [0, 0.1) is 6.92 Å². The second-order valence-electron chi connectivity index (χ2n) is 7.83. The summed E-state index contributed by atoms with van der Waals surface area (Å²) in [5, 5.41) is 1.26. The molecule has 32 heavy (non-hydrogen) atoms. The van der Waals surface area contributed by atoms with Gasteiger partial charge in [-0.3, -0.25) is 14.5 Å². The molecule has 2 aromatic carbocycles. The van der Waals surface area contributed by atoms with E-state index in [1.54, 1.807) is 17.2 Å². The Morgan fingerprint density at radius 1 is 1.12 bits per heavy atom. The quantitative estimate of drug-likeness (QED) is 0.493. The van der Waals surface area contributed by atoms with Crippen molar-refractivity contribution in [1.82, 2.24) is 9.97 Å². The lowest BCUT2D eigenvalue weighted by Crippen LogP contribution is -2.42. The van der Waals surface area contributed by atoms with Crippen molar-refractivity contribution in [2.45, 2.75) is 19.4 Å². The van der Waals surface area contributed by atoms with Gasteiger partial charge in [0.05, 0.1) is 23.7 Å². The van der Waals surface area contributed by atoms with Crippen molar-refractivity contribution in [2.75, 3.05) is 18.1 Å². The summed E-state index contributed by atoms with van der Waals surface area (Å²) in [6.07, 6.45) is 2.44. The summed E-state index contributed by atoms with van der Waals surface area (Å²) in [5.74, 6) is 0.926. The summed E-state index contributed by atoms with van der Waals surface area (Å²) in [7, 11) is 0. The maximum atomic E-state index is 13.8. The van der Waals surface area contributed by atoms with E-state index in [0.29, 0.717) is 47.6 Å². The Hall–Kier alpha value is -3.84. The van der Waals surface area contributed by atoms with Gasteiger partial charge in [0.2, 0.25) is 0 Å². The molecule has 1 unspecified atom stereocenters. The lowest BCUT2D eigenvalue weighted by Gasteiger charge is -2.29. The molecular weight excluding hydrogens is 406 g/mol. The van der Waals surface area contributed by atoms with E-state index in [-0.39, 0.29) is 23.2 Å². The number of aryl methyl sites for hydroxylation is 1. The van der Waals surface area contributed by atoms with E-state index in [0.717, 1.165) is 5.69 Å². The van der Waals surface area contributed by atoms with Gasteiger partial charge in [0.25, 0.3) is 11.5 Å². The molecular formula is C25H23N3O4. The highest BCUT2D eigenvalue weighted by Gasteiger charge is 2.32. The molecule has 1 amide bonds. The van der Waals surface area contributed by atoms with Gasteiger partial charge in [-0.2, -0.15) is 0 Å². The molecule has 7 nitrogen and oxygen atoms in total. The summed E-state index contributed by atoms with van der Waals surface area (Å²) in [6, 6.07) is 18.4. The van der Waals surface area contributed by atoms with Crippen LogP contribution < -0.4 is 15.2 Å².